The Labute approximate surface area is 202 Å². The van der Waals surface area contributed by atoms with Crippen LogP contribution in [0.1, 0.15) is 20.8 Å². The molecule has 0 saturated carbocycles. The first-order valence-electron chi connectivity index (χ1n) is 9.99. The standard InChI is InChI=1S/C22H25Cl2N3O6/c1-6-32-20-14(23)8-9-16(21(20)33-7-2)26-27-18(12(3)28)22(29)25-19-15(24)10-13(30-4)11-17(19)31-5/h8-11,18H,6-7H2,1-5H3,(H,25,29). The van der Waals surface area contributed by atoms with Crippen molar-refractivity contribution >= 4 is 46.3 Å². The lowest BCUT2D eigenvalue weighted by atomic mass is 10.2. The van der Waals surface area contributed by atoms with E-state index in [0.717, 1.165) is 0 Å². The molecule has 0 heterocycles. The molecule has 33 heavy (non-hydrogen) atoms. The van der Waals surface area contributed by atoms with E-state index in [9.17, 15) is 9.59 Å². The molecule has 2 rings (SSSR count). The van der Waals surface area contributed by atoms with Crippen molar-refractivity contribution in [3.05, 3.63) is 34.3 Å². The highest BCUT2D eigenvalue weighted by molar-refractivity contribution is 6.34. The molecular weight excluding hydrogens is 473 g/mol. The molecule has 0 saturated heterocycles. The number of methoxy groups -OCH3 is 2. The van der Waals surface area contributed by atoms with Gasteiger partial charge in [-0.3, -0.25) is 9.59 Å². The van der Waals surface area contributed by atoms with E-state index in [0.29, 0.717) is 29.7 Å². The predicted octanol–water partition coefficient (Wildman–Crippen LogP) is 5.49. The number of halogens is 2. The smallest absolute Gasteiger partial charge is 0.258 e. The van der Waals surface area contributed by atoms with Gasteiger partial charge in [-0.15, -0.1) is 0 Å². The van der Waals surface area contributed by atoms with Crippen LogP contribution in [0.3, 0.4) is 0 Å². The Bertz CT molecular complexity index is 1050. The number of hydrogen-bond acceptors (Lipinski definition) is 8. The zero-order valence-electron chi connectivity index (χ0n) is 18.9. The number of ketones is 1. The molecule has 2 aromatic rings. The summed E-state index contributed by atoms with van der Waals surface area (Å²) >= 11 is 12.5. The Morgan fingerprint density at radius 3 is 2.24 bits per heavy atom. The number of anilines is 1. The maximum absolute atomic E-state index is 12.9. The first-order chi connectivity index (χ1) is 15.8. The van der Waals surface area contributed by atoms with Crippen LogP contribution in [0.25, 0.3) is 0 Å². The molecule has 0 bridgehead atoms. The number of rotatable bonds is 11. The van der Waals surface area contributed by atoms with Crippen molar-refractivity contribution < 1.29 is 28.5 Å². The minimum Gasteiger partial charge on any atom is -0.497 e. The summed E-state index contributed by atoms with van der Waals surface area (Å²) in [6.45, 7) is 5.48. The topological polar surface area (TPSA) is 108 Å². The highest BCUT2D eigenvalue weighted by Gasteiger charge is 2.26. The number of hydrogen-bond donors (Lipinski definition) is 1. The van der Waals surface area contributed by atoms with Gasteiger partial charge in [0.05, 0.1) is 37.5 Å². The third-order valence-corrected chi connectivity index (χ3v) is 4.86. The average molecular weight is 498 g/mol. The molecule has 1 atom stereocenters. The largest absolute Gasteiger partial charge is 0.497 e. The Hall–Kier alpha value is -3.04. The number of amides is 1. The van der Waals surface area contributed by atoms with Gasteiger partial charge in [-0.05, 0) is 32.9 Å². The molecule has 0 aliphatic rings. The number of carbonyl (C=O) groups excluding carboxylic acids is 2. The number of azo groups is 1. The molecule has 178 valence electrons. The summed E-state index contributed by atoms with van der Waals surface area (Å²) in [4.78, 5) is 25.1. The van der Waals surface area contributed by atoms with E-state index in [1.165, 1.54) is 27.2 Å². The van der Waals surface area contributed by atoms with Crippen molar-refractivity contribution in [3.8, 4) is 23.0 Å². The van der Waals surface area contributed by atoms with Crippen LogP contribution in [0.5, 0.6) is 23.0 Å². The van der Waals surface area contributed by atoms with E-state index < -0.39 is 17.7 Å². The molecule has 0 aliphatic carbocycles. The van der Waals surface area contributed by atoms with E-state index in [1.54, 1.807) is 32.0 Å². The summed E-state index contributed by atoms with van der Waals surface area (Å²) in [6.07, 6.45) is 0. The number of carbonyl (C=O) groups is 2. The fraction of sp³-hybridized carbons (Fsp3) is 0.364. The molecule has 1 unspecified atom stereocenters. The molecule has 0 aliphatic heterocycles. The molecular formula is C22H25Cl2N3O6. The lowest BCUT2D eigenvalue weighted by molar-refractivity contribution is -0.126. The zero-order chi connectivity index (χ0) is 24.5. The van der Waals surface area contributed by atoms with Crippen LogP contribution in [0, 0.1) is 0 Å². The van der Waals surface area contributed by atoms with Gasteiger partial charge < -0.3 is 24.3 Å². The fourth-order valence-electron chi connectivity index (χ4n) is 2.76. The Morgan fingerprint density at radius 2 is 1.67 bits per heavy atom. The van der Waals surface area contributed by atoms with Crippen molar-refractivity contribution in [3.63, 3.8) is 0 Å². The number of nitrogens with one attached hydrogen (secondary N) is 1. The maximum Gasteiger partial charge on any atom is 0.258 e. The first-order valence-corrected chi connectivity index (χ1v) is 10.7. The Morgan fingerprint density at radius 1 is 1.00 bits per heavy atom. The van der Waals surface area contributed by atoms with Crippen LogP contribution in [0.4, 0.5) is 11.4 Å². The van der Waals surface area contributed by atoms with E-state index in [4.69, 9.17) is 42.1 Å². The van der Waals surface area contributed by atoms with Crippen LogP contribution in [-0.2, 0) is 9.59 Å². The van der Waals surface area contributed by atoms with E-state index in [2.05, 4.69) is 15.5 Å². The molecule has 9 nitrogen and oxygen atoms in total. The second-order valence-electron chi connectivity index (χ2n) is 6.50. The second-order valence-corrected chi connectivity index (χ2v) is 7.31. The van der Waals surface area contributed by atoms with Crippen molar-refractivity contribution in [2.24, 2.45) is 10.2 Å². The number of ether oxygens (including phenoxy) is 4. The molecule has 1 amide bonds. The van der Waals surface area contributed by atoms with Crippen molar-refractivity contribution in [1.29, 1.82) is 0 Å². The summed E-state index contributed by atoms with van der Waals surface area (Å²) in [6, 6.07) is 4.71. The van der Waals surface area contributed by atoms with Crippen LogP contribution >= 0.6 is 23.2 Å². The van der Waals surface area contributed by atoms with E-state index in [-0.39, 0.29) is 27.9 Å². The third-order valence-electron chi connectivity index (χ3n) is 4.27. The van der Waals surface area contributed by atoms with Crippen LogP contribution in [0.15, 0.2) is 34.5 Å². The van der Waals surface area contributed by atoms with Gasteiger partial charge in [0.1, 0.15) is 22.9 Å². The molecule has 0 fully saturated rings. The molecule has 1 N–H and O–H groups in total. The minimum atomic E-state index is -1.45. The Balaban J connectivity index is 2.39. The van der Waals surface area contributed by atoms with Gasteiger partial charge in [0.2, 0.25) is 6.04 Å². The highest BCUT2D eigenvalue weighted by atomic mass is 35.5. The van der Waals surface area contributed by atoms with E-state index >= 15 is 0 Å². The monoisotopic (exact) mass is 497 g/mol. The molecule has 11 heteroatoms. The minimum absolute atomic E-state index is 0.163. The number of Topliss-reactive ketones (excluding diaryl/α,β-unsaturated/α-hetero) is 1. The van der Waals surface area contributed by atoms with Crippen molar-refractivity contribution in [2.75, 3.05) is 32.8 Å². The summed E-state index contributed by atoms with van der Waals surface area (Å²) in [5.74, 6) is -0.0156. The highest BCUT2D eigenvalue weighted by Crippen LogP contribution is 2.43. The lowest BCUT2D eigenvalue weighted by Crippen LogP contribution is -2.32. The summed E-state index contributed by atoms with van der Waals surface area (Å²) < 4.78 is 21.6. The van der Waals surface area contributed by atoms with Crippen molar-refractivity contribution in [1.82, 2.24) is 0 Å². The van der Waals surface area contributed by atoms with Crippen LogP contribution in [0.2, 0.25) is 10.0 Å². The summed E-state index contributed by atoms with van der Waals surface area (Å²) in [5, 5.41) is 11.1. The van der Waals surface area contributed by atoms with Gasteiger partial charge in [0.15, 0.2) is 17.3 Å². The van der Waals surface area contributed by atoms with Gasteiger partial charge in [-0.2, -0.15) is 10.2 Å². The molecule has 0 spiro atoms. The zero-order valence-corrected chi connectivity index (χ0v) is 20.4. The lowest BCUT2D eigenvalue weighted by Gasteiger charge is -2.16. The van der Waals surface area contributed by atoms with Gasteiger partial charge in [0, 0.05) is 12.1 Å². The summed E-state index contributed by atoms with van der Waals surface area (Å²) in [5.41, 5.74) is 0.426. The second kappa shape index (κ2) is 12.3. The molecule has 2 aromatic carbocycles. The van der Waals surface area contributed by atoms with Gasteiger partial charge in [-0.25, -0.2) is 0 Å². The maximum atomic E-state index is 12.9. The van der Waals surface area contributed by atoms with Gasteiger partial charge in [-0.1, -0.05) is 23.2 Å². The van der Waals surface area contributed by atoms with Crippen LogP contribution in [-0.4, -0.2) is 45.2 Å². The Kier molecular flexibility index (Phi) is 9.74. The fourth-order valence-corrected chi connectivity index (χ4v) is 3.21. The summed E-state index contributed by atoms with van der Waals surface area (Å²) in [7, 11) is 2.88. The average Bonchev–Trinajstić information content (AvgIpc) is 2.78. The van der Waals surface area contributed by atoms with Crippen molar-refractivity contribution in [2.45, 2.75) is 26.8 Å². The first kappa shape index (κ1) is 26.2. The van der Waals surface area contributed by atoms with Gasteiger partial charge in [0.25, 0.3) is 5.91 Å². The third kappa shape index (κ3) is 6.49. The van der Waals surface area contributed by atoms with Crippen LogP contribution < -0.4 is 24.3 Å². The quantitative estimate of drug-likeness (QED) is 0.324. The number of benzene rings is 2. The van der Waals surface area contributed by atoms with E-state index in [1.807, 2.05) is 0 Å². The van der Waals surface area contributed by atoms with Gasteiger partial charge >= 0.3 is 0 Å². The molecule has 0 radical (unpaired) electrons. The normalized spacial score (nSPS) is 11.7. The predicted molar refractivity (Wildman–Crippen MR) is 126 cm³/mol. The SMILES string of the molecule is CCOc1c(Cl)ccc(N=NC(C(C)=O)C(=O)Nc2c(Cl)cc(OC)cc2OC)c1OCC. The number of nitrogens with zero attached hydrogens (tertiary/aromatic N) is 2. The molecule has 0 aromatic heterocycles.